The maximum atomic E-state index is 9.73. The lowest BCUT2D eigenvalue weighted by molar-refractivity contribution is -0.00147. The normalized spacial score (nSPS) is 16.5. The average Bonchev–Trinajstić information content (AvgIpc) is 2.35. The standard InChI is InChI=1S/C13H21NO3/c1-13(16,10-15)9-14-12(8-17-2)11-6-4-3-5-7-11/h3-7,12,14-16H,8-10H2,1-2H3. The molecule has 17 heavy (non-hydrogen) atoms. The molecule has 1 rings (SSSR count). The average molecular weight is 239 g/mol. The monoisotopic (exact) mass is 239 g/mol. The van der Waals surface area contributed by atoms with Gasteiger partial charge in [-0.05, 0) is 12.5 Å². The van der Waals surface area contributed by atoms with Crippen molar-refractivity contribution in [2.24, 2.45) is 0 Å². The minimum absolute atomic E-state index is 0.0132. The molecular weight excluding hydrogens is 218 g/mol. The predicted octanol–water partition coefficient (Wildman–Crippen LogP) is 0.707. The SMILES string of the molecule is COCC(NCC(C)(O)CO)c1ccccc1. The number of hydrogen-bond donors (Lipinski definition) is 3. The summed E-state index contributed by atoms with van der Waals surface area (Å²) in [6.45, 7) is 2.15. The van der Waals surface area contributed by atoms with Crippen molar-refractivity contribution in [1.82, 2.24) is 5.32 Å². The Bertz CT molecular complexity index is 314. The van der Waals surface area contributed by atoms with E-state index >= 15 is 0 Å². The molecule has 0 aliphatic heterocycles. The minimum atomic E-state index is -1.11. The zero-order valence-electron chi connectivity index (χ0n) is 10.4. The first-order valence-corrected chi connectivity index (χ1v) is 5.69. The number of ether oxygens (including phenoxy) is 1. The van der Waals surface area contributed by atoms with Gasteiger partial charge in [-0.1, -0.05) is 30.3 Å². The van der Waals surface area contributed by atoms with Crippen molar-refractivity contribution < 1.29 is 14.9 Å². The van der Waals surface area contributed by atoms with Gasteiger partial charge in [0.2, 0.25) is 0 Å². The van der Waals surface area contributed by atoms with E-state index < -0.39 is 5.60 Å². The first-order valence-electron chi connectivity index (χ1n) is 5.69. The van der Waals surface area contributed by atoms with Crippen LogP contribution in [0.3, 0.4) is 0 Å². The number of aliphatic hydroxyl groups excluding tert-OH is 1. The smallest absolute Gasteiger partial charge is 0.0973 e. The summed E-state index contributed by atoms with van der Waals surface area (Å²) >= 11 is 0. The highest BCUT2D eigenvalue weighted by atomic mass is 16.5. The maximum Gasteiger partial charge on any atom is 0.0973 e. The quantitative estimate of drug-likeness (QED) is 0.655. The highest BCUT2D eigenvalue weighted by molar-refractivity contribution is 5.19. The molecule has 1 aromatic rings. The van der Waals surface area contributed by atoms with Gasteiger partial charge in [0.1, 0.15) is 0 Å². The zero-order valence-corrected chi connectivity index (χ0v) is 10.4. The number of methoxy groups -OCH3 is 1. The molecule has 0 heterocycles. The number of hydrogen-bond acceptors (Lipinski definition) is 4. The molecule has 0 aromatic heterocycles. The summed E-state index contributed by atoms with van der Waals surface area (Å²) in [5.41, 5.74) is -0.0103. The Hall–Kier alpha value is -0.940. The van der Waals surface area contributed by atoms with E-state index in [0.717, 1.165) is 5.56 Å². The topological polar surface area (TPSA) is 61.7 Å². The van der Waals surface area contributed by atoms with Gasteiger partial charge in [-0.2, -0.15) is 0 Å². The van der Waals surface area contributed by atoms with Crippen LogP contribution in [0, 0.1) is 0 Å². The van der Waals surface area contributed by atoms with Crippen molar-refractivity contribution in [1.29, 1.82) is 0 Å². The van der Waals surface area contributed by atoms with Gasteiger partial charge in [0.15, 0.2) is 0 Å². The molecule has 0 fully saturated rings. The Balaban J connectivity index is 2.61. The highest BCUT2D eigenvalue weighted by Crippen LogP contribution is 2.13. The van der Waals surface area contributed by atoms with Crippen molar-refractivity contribution in [3.05, 3.63) is 35.9 Å². The molecule has 2 atom stereocenters. The molecule has 1 aromatic carbocycles. The van der Waals surface area contributed by atoms with Crippen molar-refractivity contribution in [3.8, 4) is 0 Å². The van der Waals surface area contributed by atoms with Crippen molar-refractivity contribution in [2.45, 2.75) is 18.6 Å². The molecule has 4 heteroatoms. The van der Waals surface area contributed by atoms with Gasteiger partial charge < -0.3 is 20.3 Å². The lowest BCUT2D eigenvalue weighted by Crippen LogP contribution is -2.43. The van der Waals surface area contributed by atoms with Crippen LogP contribution in [0.15, 0.2) is 30.3 Å². The molecule has 0 saturated heterocycles. The fourth-order valence-electron chi connectivity index (χ4n) is 1.52. The van der Waals surface area contributed by atoms with Crippen molar-refractivity contribution >= 4 is 0 Å². The summed E-state index contributed by atoms with van der Waals surface area (Å²) in [6, 6.07) is 9.90. The lowest BCUT2D eigenvalue weighted by Gasteiger charge is -2.25. The first-order chi connectivity index (χ1) is 8.09. The molecule has 0 amide bonds. The molecule has 0 aliphatic carbocycles. The Morgan fingerprint density at radius 2 is 2.00 bits per heavy atom. The third-order valence-electron chi connectivity index (χ3n) is 2.61. The van der Waals surface area contributed by atoms with Gasteiger partial charge in [-0.3, -0.25) is 0 Å². The maximum absolute atomic E-state index is 9.73. The predicted molar refractivity (Wildman–Crippen MR) is 66.8 cm³/mol. The van der Waals surface area contributed by atoms with Gasteiger partial charge in [0.05, 0.1) is 24.9 Å². The van der Waals surface area contributed by atoms with Gasteiger partial charge in [-0.25, -0.2) is 0 Å². The summed E-state index contributed by atoms with van der Waals surface area (Å²) in [7, 11) is 1.64. The Morgan fingerprint density at radius 3 is 2.53 bits per heavy atom. The van der Waals surface area contributed by atoms with Crippen LogP contribution in [0.5, 0.6) is 0 Å². The van der Waals surface area contributed by atoms with E-state index in [4.69, 9.17) is 9.84 Å². The molecule has 96 valence electrons. The molecule has 2 unspecified atom stereocenters. The van der Waals surface area contributed by atoms with Gasteiger partial charge >= 0.3 is 0 Å². The first kappa shape index (κ1) is 14.1. The Morgan fingerprint density at radius 1 is 1.35 bits per heavy atom. The molecule has 4 nitrogen and oxygen atoms in total. The molecule has 0 bridgehead atoms. The second-order valence-corrected chi connectivity index (χ2v) is 4.45. The van der Waals surface area contributed by atoms with Crippen LogP contribution in [0.4, 0.5) is 0 Å². The number of nitrogens with one attached hydrogen (secondary N) is 1. The van der Waals surface area contributed by atoms with Crippen LogP contribution in [-0.2, 0) is 4.74 Å². The summed E-state index contributed by atoms with van der Waals surface area (Å²) in [5, 5.41) is 21.9. The molecule has 0 saturated carbocycles. The van der Waals surface area contributed by atoms with E-state index in [-0.39, 0.29) is 12.6 Å². The highest BCUT2D eigenvalue weighted by Gasteiger charge is 2.21. The van der Waals surface area contributed by atoms with Gasteiger partial charge in [0, 0.05) is 13.7 Å². The van der Waals surface area contributed by atoms with Crippen LogP contribution in [-0.4, -0.2) is 42.7 Å². The van der Waals surface area contributed by atoms with Gasteiger partial charge in [0.25, 0.3) is 0 Å². The Labute approximate surface area is 102 Å². The number of benzene rings is 1. The van der Waals surface area contributed by atoms with Gasteiger partial charge in [-0.15, -0.1) is 0 Å². The van der Waals surface area contributed by atoms with Crippen LogP contribution < -0.4 is 5.32 Å². The largest absolute Gasteiger partial charge is 0.393 e. The van der Waals surface area contributed by atoms with Crippen LogP contribution in [0.1, 0.15) is 18.5 Å². The molecule has 0 spiro atoms. The molecule has 3 N–H and O–H groups in total. The summed E-state index contributed by atoms with van der Waals surface area (Å²) < 4.78 is 5.15. The lowest BCUT2D eigenvalue weighted by atomic mass is 10.0. The second-order valence-electron chi connectivity index (χ2n) is 4.45. The summed E-state index contributed by atoms with van der Waals surface area (Å²) in [4.78, 5) is 0. The second kappa shape index (κ2) is 6.71. The fraction of sp³-hybridized carbons (Fsp3) is 0.538. The molecular formula is C13H21NO3. The van der Waals surface area contributed by atoms with Crippen LogP contribution >= 0.6 is 0 Å². The van der Waals surface area contributed by atoms with Crippen LogP contribution in [0.25, 0.3) is 0 Å². The van der Waals surface area contributed by atoms with E-state index in [1.54, 1.807) is 14.0 Å². The van der Waals surface area contributed by atoms with E-state index in [2.05, 4.69) is 5.32 Å². The molecule has 0 radical (unpaired) electrons. The third kappa shape index (κ3) is 4.83. The fourth-order valence-corrected chi connectivity index (χ4v) is 1.52. The molecule has 0 aliphatic rings. The number of rotatable bonds is 7. The zero-order chi connectivity index (χ0) is 12.7. The summed E-state index contributed by atoms with van der Waals surface area (Å²) in [5.74, 6) is 0. The summed E-state index contributed by atoms with van der Waals surface area (Å²) in [6.07, 6.45) is 0. The number of aliphatic hydroxyl groups is 2. The van der Waals surface area contributed by atoms with E-state index in [1.165, 1.54) is 0 Å². The van der Waals surface area contributed by atoms with E-state index in [1.807, 2.05) is 30.3 Å². The van der Waals surface area contributed by atoms with Crippen molar-refractivity contribution in [3.63, 3.8) is 0 Å². The van der Waals surface area contributed by atoms with E-state index in [0.29, 0.717) is 13.2 Å². The minimum Gasteiger partial charge on any atom is -0.393 e. The van der Waals surface area contributed by atoms with Crippen molar-refractivity contribution in [2.75, 3.05) is 26.9 Å². The third-order valence-corrected chi connectivity index (χ3v) is 2.61. The van der Waals surface area contributed by atoms with Crippen LogP contribution in [0.2, 0.25) is 0 Å². The van der Waals surface area contributed by atoms with E-state index in [9.17, 15) is 5.11 Å². The Kier molecular flexibility index (Phi) is 5.58.